The van der Waals surface area contributed by atoms with Crippen LogP contribution in [0.3, 0.4) is 0 Å². The third-order valence-electron chi connectivity index (χ3n) is 3.05. The van der Waals surface area contributed by atoms with Gasteiger partial charge in [-0.2, -0.15) is 5.10 Å². The molecule has 120 valence electrons. The normalized spacial score (nSPS) is 11.9. The van der Waals surface area contributed by atoms with Crippen molar-refractivity contribution in [3.05, 3.63) is 60.4 Å². The fraction of sp³-hybridized carbons (Fsp3) is 0.222. The van der Waals surface area contributed by atoms with Crippen LogP contribution in [0.1, 0.15) is 20.8 Å². The van der Waals surface area contributed by atoms with Gasteiger partial charge in [0.05, 0.1) is 5.69 Å². The van der Waals surface area contributed by atoms with E-state index in [0.717, 1.165) is 5.69 Å². The lowest BCUT2D eigenvalue weighted by Gasteiger charge is -2.19. The number of anilines is 2. The molecular weight excluding hydrogens is 293 g/mol. The monoisotopic (exact) mass is 313 g/mol. The van der Waals surface area contributed by atoms with Gasteiger partial charge in [0.15, 0.2) is 5.84 Å². The molecule has 4 nitrogen and oxygen atoms in total. The van der Waals surface area contributed by atoms with E-state index in [4.69, 9.17) is 0 Å². The Hall–Kier alpha value is -2.69. The molecule has 0 heterocycles. The van der Waals surface area contributed by atoms with E-state index in [-0.39, 0.29) is 17.4 Å². The van der Waals surface area contributed by atoms with Crippen molar-refractivity contribution >= 4 is 23.0 Å². The minimum absolute atomic E-state index is 0.131. The van der Waals surface area contributed by atoms with Gasteiger partial charge in [0.1, 0.15) is 5.82 Å². The van der Waals surface area contributed by atoms with E-state index in [1.54, 1.807) is 32.9 Å². The van der Waals surface area contributed by atoms with Crippen LogP contribution in [-0.2, 0) is 4.79 Å². The van der Waals surface area contributed by atoms with E-state index in [9.17, 15) is 9.18 Å². The second-order valence-corrected chi connectivity index (χ2v) is 6.15. The summed E-state index contributed by atoms with van der Waals surface area (Å²) in [7, 11) is 0. The molecule has 2 aromatic rings. The van der Waals surface area contributed by atoms with Gasteiger partial charge < -0.3 is 5.32 Å². The van der Waals surface area contributed by atoms with Crippen LogP contribution in [0, 0.1) is 11.2 Å². The summed E-state index contributed by atoms with van der Waals surface area (Å²) in [5, 5.41) is 7.06. The van der Waals surface area contributed by atoms with Gasteiger partial charge >= 0.3 is 0 Å². The van der Waals surface area contributed by atoms with Crippen molar-refractivity contribution in [1.82, 2.24) is 0 Å². The molecule has 0 saturated carbocycles. The highest BCUT2D eigenvalue weighted by Gasteiger charge is 2.27. The van der Waals surface area contributed by atoms with Crippen molar-refractivity contribution < 1.29 is 9.18 Å². The number of carbonyl (C=O) groups excluding carboxylic acids is 1. The smallest absolute Gasteiger partial charge is 0.205 e. The summed E-state index contributed by atoms with van der Waals surface area (Å²) in [5.41, 5.74) is 3.46. The highest BCUT2D eigenvalue weighted by molar-refractivity contribution is 6.44. The summed E-state index contributed by atoms with van der Waals surface area (Å²) in [6.45, 7) is 5.42. The quantitative estimate of drug-likeness (QED) is 0.503. The van der Waals surface area contributed by atoms with E-state index in [1.807, 2.05) is 30.3 Å². The highest BCUT2D eigenvalue weighted by atomic mass is 19.1. The molecule has 0 amide bonds. The lowest BCUT2D eigenvalue weighted by Crippen LogP contribution is -2.34. The standard InChI is InChI=1S/C18H20FN3O/c1-18(2,3)16(23)17(20-15-11-7-8-13(19)12-15)22-21-14-9-5-4-6-10-14/h4-12,21H,1-3H3,(H,20,22). The third kappa shape index (κ3) is 4.92. The molecule has 0 unspecified atom stereocenters. The van der Waals surface area contributed by atoms with E-state index in [0.29, 0.717) is 5.69 Å². The Morgan fingerprint density at radius 2 is 1.65 bits per heavy atom. The van der Waals surface area contributed by atoms with Crippen LogP contribution in [0.5, 0.6) is 0 Å². The van der Waals surface area contributed by atoms with Crippen LogP contribution in [0.2, 0.25) is 0 Å². The summed E-state index contributed by atoms with van der Waals surface area (Å²) < 4.78 is 13.3. The number of benzene rings is 2. The second kappa shape index (κ2) is 7.05. The van der Waals surface area contributed by atoms with Crippen molar-refractivity contribution in [2.45, 2.75) is 20.8 Å². The molecular formula is C18H20FN3O. The fourth-order valence-electron chi connectivity index (χ4n) is 1.83. The van der Waals surface area contributed by atoms with Crippen LogP contribution in [0.4, 0.5) is 15.8 Å². The maximum absolute atomic E-state index is 13.3. The van der Waals surface area contributed by atoms with Crippen LogP contribution in [-0.4, -0.2) is 11.6 Å². The first kappa shape index (κ1) is 16.7. The lowest BCUT2D eigenvalue weighted by molar-refractivity contribution is -0.119. The second-order valence-electron chi connectivity index (χ2n) is 6.15. The molecule has 0 saturated heterocycles. The number of ketones is 1. The average molecular weight is 313 g/mol. The number of carbonyl (C=O) groups is 1. The van der Waals surface area contributed by atoms with Crippen molar-refractivity contribution in [3.8, 4) is 0 Å². The minimum atomic E-state index is -0.614. The Morgan fingerprint density at radius 3 is 2.26 bits per heavy atom. The molecule has 0 atom stereocenters. The largest absolute Gasteiger partial charge is 0.336 e. The molecule has 0 radical (unpaired) electrons. The van der Waals surface area contributed by atoms with Crippen LogP contribution >= 0.6 is 0 Å². The van der Waals surface area contributed by atoms with Crippen LogP contribution in [0.15, 0.2) is 59.7 Å². The van der Waals surface area contributed by atoms with Crippen LogP contribution in [0.25, 0.3) is 0 Å². The number of amidine groups is 1. The zero-order chi connectivity index (χ0) is 16.9. The van der Waals surface area contributed by atoms with Gasteiger partial charge in [0.25, 0.3) is 0 Å². The zero-order valence-corrected chi connectivity index (χ0v) is 13.4. The molecule has 2 rings (SSSR count). The Morgan fingerprint density at radius 1 is 1.00 bits per heavy atom. The fourth-order valence-corrected chi connectivity index (χ4v) is 1.83. The Balaban J connectivity index is 2.26. The minimum Gasteiger partial charge on any atom is -0.336 e. The molecule has 0 bridgehead atoms. The van der Waals surface area contributed by atoms with Gasteiger partial charge in [-0.1, -0.05) is 45.0 Å². The van der Waals surface area contributed by atoms with Crippen LogP contribution < -0.4 is 10.7 Å². The summed E-state index contributed by atoms with van der Waals surface area (Å²) in [5.74, 6) is -0.425. The average Bonchev–Trinajstić information content (AvgIpc) is 2.51. The maximum atomic E-state index is 13.3. The van der Waals surface area contributed by atoms with E-state index in [2.05, 4.69) is 15.8 Å². The Bertz CT molecular complexity index is 706. The van der Waals surface area contributed by atoms with Crippen molar-refractivity contribution in [2.75, 3.05) is 10.7 Å². The van der Waals surface area contributed by atoms with Gasteiger partial charge in [-0.25, -0.2) is 4.39 Å². The van der Waals surface area contributed by atoms with Crippen molar-refractivity contribution in [3.63, 3.8) is 0 Å². The molecule has 23 heavy (non-hydrogen) atoms. The van der Waals surface area contributed by atoms with Crippen molar-refractivity contribution in [1.29, 1.82) is 0 Å². The van der Waals surface area contributed by atoms with E-state index in [1.165, 1.54) is 12.1 Å². The molecule has 0 aliphatic carbocycles. The van der Waals surface area contributed by atoms with Gasteiger partial charge in [-0.15, -0.1) is 0 Å². The van der Waals surface area contributed by atoms with Gasteiger partial charge in [0.2, 0.25) is 5.78 Å². The first-order valence-electron chi connectivity index (χ1n) is 7.32. The SMILES string of the molecule is CC(C)(C)C(=O)/C(=N\Nc1ccccc1)Nc1cccc(F)c1. The number of rotatable bonds is 4. The molecule has 5 heteroatoms. The summed E-state index contributed by atoms with van der Waals surface area (Å²) in [6, 6.07) is 15.2. The summed E-state index contributed by atoms with van der Waals surface area (Å²) in [6.07, 6.45) is 0. The van der Waals surface area contributed by atoms with Gasteiger partial charge in [-0.05, 0) is 30.3 Å². The topological polar surface area (TPSA) is 53.5 Å². The first-order valence-corrected chi connectivity index (χ1v) is 7.32. The molecule has 0 aromatic heterocycles. The van der Waals surface area contributed by atoms with Crippen molar-refractivity contribution in [2.24, 2.45) is 10.5 Å². The molecule has 0 aliphatic heterocycles. The van der Waals surface area contributed by atoms with Gasteiger partial charge in [-0.3, -0.25) is 10.2 Å². The zero-order valence-electron chi connectivity index (χ0n) is 13.4. The molecule has 0 spiro atoms. The summed E-state index contributed by atoms with van der Waals surface area (Å²) in [4.78, 5) is 12.5. The summed E-state index contributed by atoms with van der Waals surface area (Å²) >= 11 is 0. The Kier molecular flexibility index (Phi) is 5.11. The number of nitrogens with one attached hydrogen (secondary N) is 2. The molecule has 2 aromatic carbocycles. The van der Waals surface area contributed by atoms with E-state index < -0.39 is 5.41 Å². The highest BCUT2D eigenvalue weighted by Crippen LogP contribution is 2.18. The van der Waals surface area contributed by atoms with Gasteiger partial charge in [0, 0.05) is 11.1 Å². The molecule has 0 fully saturated rings. The number of hydrogen-bond donors (Lipinski definition) is 2. The number of hydrazone groups is 1. The number of halogens is 1. The predicted octanol–water partition coefficient (Wildman–Crippen LogP) is 4.28. The lowest BCUT2D eigenvalue weighted by atomic mass is 9.90. The van der Waals surface area contributed by atoms with E-state index >= 15 is 0 Å². The maximum Gasteiger partial charge on any atom is 0.205 e. The number of Topliss-reactive ketones (excluding diaryl/α,β-unsaturated/α-hetero) is 1. The first-order chi connectivity index (χ1) is 10.9. The molecule has 0 aliphatic rings. The number of nitrogens with zero attached hydrogens (tertiary/aromatic N) is 1. The predicted molar refractivity (Wildman–Crippen MR) is 92.0 cm³/mol. The number of para-hydroxylation sites is 1. The Labute approximate surface area is 135 Å². The number of hydrogen-bond acceptors (Lipinski definition) is 3. The molecule has 2 N–H and O–H groups in total. The third-order valence-corrected chi connectivity index (χ3v) is 3.05.